The van der Waals surface area contributed by atoms with Crippen LogP contribution in [0.3, 0.4) is 0 Å². The van der Waals surface area contributed by atoms with Crippen LogP contribution in [0.5, 0.6) is 0 Å². The lowest BCUT2D eigenvalue weighted by Gasteiger charge is -2.28. The van der Waals surface area contributed by atoms with Crippen LogP contribution in [0.4, 0.5) is 9.59 Å². The Morgan fingerprint density at radius 2 is 1.30 bits per heavy atom. The van der Waals surface area contributed by atoms with Crippen LogP contribution in [-0.2, 0) is 14.3 Å². The minimum absolute atomic E-state index is 0.0524. The molecule has 16 heteroatoms. The molecule has 0 unspecified atom stereocenters. The number of benzene rings is 2. The number of fused-ring (bicyclic) bond motifs is 1. The Hall–Kier alpha value is -6.19. The summed E-state index contributed by atoms with van der Waals surface area (Å²) in [5.74, 6) is 1.76. The first-order chi connectivity index (χ1) is 27.2. The predicted octanol–water partition coefficient (Wildman–Crippen LogP) is 5.78. The third kappa shape index (κ3) is 6.95. The van der Waals surface area contributed by atoms with Crippen LogP contribution in [0, 0.1) is 11.8 Å². The van der Waals surface area contributed by atoms with E-state index >= 15 is 0 Å². The number of aromatic amines is 2. The number of methoxy groups -OCH3 is 1. The maximum Gasteiger partial charge on any atom is 0.407 e. The summed E-state index contributed by atoms with van der Waals surface area (Å²) in [7, 11) is 1.30. The van der Waals surface area contributed by atoms with Crippen molar-refractivity contribution in [1.82, 2.24) is 45.4 Å². The third-order valence-electron chi connectivity index (χ3n) is 11.5. The van der Waals surface area contributed by atoms with Crippen molar-refractivity contribution >= 4 is 35.1 Å². The molecule has 0 radical (unpaired) electrons. The number of oxazole rings is 1. The lowest BCUT2D eigenvalue weighted by Crippen LogP contribution is -2.49. The molecule has 16 nitrogen and oxygen atoms in total. The SMILES string of the molecule is COC(=O)N[C@@H](C(=O)N1CCC[C@H]1c1ncc(-c2ccc3oc(-c4ccc(-c5cnc([C@@H]6CCCN6C(=O)[C@H](NC(=O)O)C6CC6)[nH]5)cc4)nc3c2)[nH]1)C1CC1. The van der Waals surface area contributed by atoms with Crippen LogP contribution in [-0.4, -0.2) is 96.1 Å². The second-order valence-electron chi connectivity index (χ2n) is 15.2. The fraction of sp³-hybridized carbons (Fsp3) is 0.425. The second kappa shape index (κ2) is 14.5. The van der Waals surface area contributed by atoms with E-state index < -0.39 is 24.3 Å². The molecule has 2 aliphatic heterocycles. The second-order valence-corrected chi connectivity index (χ2v) is 15.2. The number of carbonyl (C=O) groups is 4. The number of nitrogens with one attached hydrogen (secondary N) is 4. The zero-order valence-corrected chi connectivity index (χ0v) is 30.9. The maximum absolute atomic E-state index is 13.6. The van der Waals surface area contributed by atoms with Gasteiger partial charge >= 0.3 is 12.2 Å². The maximum atomic E-state index is 13.6. The zero-order chi connectivity index (χ0) is 38.5. The van der Waals surface area contributed by atoms with Crippen molar-refractivity contribution in [2.24, 2.45) is 11.8 Å². The highest BCUT2D eigenvalue weighted by molar-refractivity contribution is 5.88. The monoisotopic (exact) mass is 761 g/mol. The van der Waals surface area contributed by atoms with Gasteiger partial charge in [0.1, 0.15) is 29.2 Å². The molecule has 9 rings (SSSR count). The Balaban J connectivity index is 0.877. The van der Waals surface area contributed by atoms with Gasteiger partial charge in [-0.3, -0.25) is 9.59 Å². The number of rotatable bonds is 11. The summed E-state index contributed by atoms with van der Waals surface area (Å²) in [6, 6.07) is 11.8. The lowest BCUT2D eigenvalue weighted by atomic mass is 10.1. The number of likely N-dealkylation sites (tertiary alicyclic amines) is 2. The van der Waals surface area contributed by atoms with Crippen LogP contribution in [0.2, 0.25) is 0 Å². The van der Waals surface area contributed by atoms with Crippen molar-refractivity contribution in [1.29, 1.82) is 0 Å². The number of hydrogen-bond donors (Lipinski definition) is 5. The van der Waals surface area contributed by atoms with Crippen molar-refractivity contribution in [3.8, 4) is 34.0 Å². The number of nitrogens with zero attached hydrogens (tertiary/aromatic N) is 5. The standard InChI is InChI=1S/C40H43N9O7/c1-55-40(54)47-33(23-10-11-23)38(51)49-17-3-5-30(49)35-42-20-28(44-35)25-14-15-31-26(18-25)45-36(56-31)24-12-6-21(7-13-24)27-19-41-34(43-27)29-4-2-16-48(29)37(50)32(22-8-9-22)46-39(52)53/h6-7,12-15,18-20,22-23,29-30,32-33,46H,2-5,8-11,16-17H2,1H3,(H,41,43)(H,42,44)(H,47,54)(H,52,53)/t29-,30-,32+,33+/m0/s1. The van der Waals surface area contributed by atoms with Gasteiger partial charge in [-0.2, -0.15) is 0 Å². The van der Waals surface area contributed by atoms with E-state index in [1.165, 1.54) is 7.11 Å². The van der Waals surface area contributed by atoms with Crippen LogP contribution in [0.1, 0.15) is 75.1 Å². The molecule has 0 spiro atoms. The van der Waals surface area contributed by atoms with Crippen molar-refractivity contribution in [2.45, 2.75) is 75.5 Å². The normalized spacial score (nSPS) is 20.6. The molecule has 3 aromatic heterocycles. The molecule has 4 aliphatic rings. The Kier molecular flexibility index (Phi) is 9.17. The molecular weight excluding hydrogens is 718 g/mol. The number of hydrogen-bond acceptors (Lipinski definition) is 9. The number of carbonyl (C=O) groups excluding carboxylic acids is 3. The molecule has 4 fully saturated rings. The van der Waals surface area contributed by atoms with Crippen molar-refractivity contribution in [3.63, 3.8) is 0 Å². The highest BCUT2D eigenvalue weighted by Gasteiger charge is 2.44. The molecule has 2 aromatic carbocycles. The van der Waals surface area contributed by atoms with Crippen LogP contribution in [0.15, 0.2) is 59.3 Å². The smallest absolute Gasteiger partial charge is 0.407 e. The lowest BCUT2D eigenvalue weighted by molar-refractivity contribution is -0.135. The van der Waals surface area contributed by atoms with Crippen LogP contribution >= 0.6 is 0 Å². The fourth-order valence-corrected chi connectivity index (χ4v) is 8.24. The van der Waals surface area contributed by atoms with Crippen molar-refractivity contribution in [3.05, 3.63) is 66.5 Å². The Bertz CT molecular complexity index is 2290. The molecule has 56 heavy (non-hydrogen) atoms. The molecule has 4 amide bonds. The fourth-order valence-electron chi connectivity index (χ4n) is 8.24. The van der Waals surface area contributed by atoms with Gasteiger partial charge in [-0.15, -0.1) is 0 Å². The van der Waals surface area contributed by atoms with E-state index in [0.29, 0.717) is 41.7 Å². The third-order valence-corrected chi connectivity index (χ3v) is 11.5. The molecule has 4 atom stereocenters. The van der Waals surface area contributed by atoms with Gasteiger partial charge in [-0.05, 0) is 99.1 Å². The number of amides is 4. The Labute approximate surface area is 321 Å². The number of aromatic nitrogens is 5. The van der Waals surface area contributed by atoms with E-state index in [2.05, 4.69) is 30.6 Å². The molecule has 2 saturated heterocycles. The zero-order valence-electron chi connectivity index (χ0n) is 30.9. The number of carboxylic acid groups (broad SMARTS) is 1. The number of alkyl carbamates (subject to hydrolysis) is 1. The average molecular weight is 762 g/mol. The highest BCUT2D eigenvalue weighted by Crippen LogP contribution is 2.39. The minimum Gasteiger partial charge on any atom is -0.465 e. The van der Waals surface area contributed by atoms with E-state index in [4.69, 9.17) is 14.1 Å². The van der Waals surface area contributed by atoms with Gasteiger partial charge in [0.2, 0.25) is 17.7 Å². The number of ether oxygens (including phenoxy) is 1. The number of H-pyrrole nitrogens is 2. The molecule has 5 heterocycles. The highest BCUT2D eigenvalue weighted by atomic mass is 16.5. The molecule has 290 valence electrons. The molecule has 0 bridgehead atoms. The van der Waals surface area contributed by atoms with Gasteiger partial charge in [-0.25, -0.2) is 24.5 Å². The summed E-state index contributed by atoms with van der Waals surface area (Å²) < 4.78 is 10.9. The summed E-state index contributed by atoms with van der Waals surface area (Å²) in [5.41, 5.74) is 5.52. The molecular formula is C40H43N9O7. The van der Waals surface area contributed by atoms with E-state index in [1.807, 2.05) is 47.4 Å². The van der Waals surface area contributed by atoms with Crippen LogP contribution in [0.25, 0.3) is 45.1 Å². The van der Waals surface area contributed by atoms with Gasteiger partial charge in [0, 0.05) is 24.2 Å². The summed E-state index contributed by atoms with van der Waals surface area (Å²) in [4.78, 5) is 74.9. The Morgan fingerprint density at radius 1 is 0.768 bits per heavy atom. The summed E-state index contributed by atoms with van der Waals surface area (Å²) in [6.07, 6.45) is 8.43. The first-order valence-corrected chi connectivity index (χ1v) is 19.3. The summed E-state index contributed by atoms with van der Waals surface area (Å²) >= 11 is 0. The average Bonchev–Trinajstić information content (AvgIpc) is 3.80. The first kappa shape index (κ1) is 35.5. The van der Waals surface area contributed by atoms with E-state index in [0.717, 1.165) is 79.4 Å². The van der Waals surface area contributed by atoms with Gasteiger partial charge in [-0.1, -0.05) is 12.1 Å². The largest absolute Gasteiger partial charge is 0.465 e. The number of imidazole rings is 2. The quantitative estimate of drug-likeness (QED) is 0.109. The summed E-state index contributed by atoms with van der Waals surface area (Å²) in [5, 5.41) is 14.5. The van der Waals surface area contributed by atoms with Crippen molar-refractivity contribution in [2.75, 3.05) is 20.2 Å². The van der Waals surface area contributed by atoms with Gasteiger partial charge in [0.05, 0.1) is 43.0 Å². The molecule has 2 aliphatic carbocycles. The minimum atomic E-state index is -1.18. The predicted molar refractivity (Wildman–Crippen MR) is 202 cm³/mol. The molecule has 5 aromatic rings. The summed E-state index contributed by atoms with van der Waals surface area (Å²) in [6.45, 7) is 1.16. The van der Waals surface area contributed by atoms with Crippen molar-refractivity contribution < 1.29 is 33.4 Å². The van der Waals surface area contributed by atoms with E-state index in [9.17, 15) is 24.3 Å². The van der Waals surface area contributed by atoms with Gasteiger partial charge < -0.3 is 44.7 Å². The first-order valence-electron chi connectivity index (χ1n) is 19.3. The molecule has 2 saturated carbocycles. The topological polar surface area (TPSA) is 212 Å². The Morgan fingerprint density at radius 3 is 1.86 bits per heavy atom. The van der Waals surface area contributed by atoms with Gasteiger partial charge in [0.25, 0.3) is 0 Å². The van der Waals surface area contributed by atoms with E-state index in [1.54, 1.807) is 17.3 Å². The van der Waals surface area contributed by atoms with E-state index in [-0.39, 0.29) is 35.7 Å². The van der Waals surface area contributed by atoms with Gasteiger partial charge in [0.15, 0.2) is 5.58 Å². The molecule has 5 N–H and O–H groups in total. The van der Waals surface area contributed by atoms with Crippen LogP contribution < -0.4 is 10.6 Å².